The fraction of sp³-hybridized carbons (Fsp3) is 0.412. The Kier molecular flexibility index (Phi) is 4.89. The summed E-state index contributed by atoms with van der Waals surface area (Å²) in [4.78, 5) is 25.7. The number of hydrogen-bond acceptors (Lipinski definition) is 5. The van der Waals surface area contributed by atoms with Gasteiger partial charge in [0.1, 0.15) is 5.01 Å². The summed E-state index contributed by atoms with van der Waals surface area (Å²) in [5.41, 5.74) is 2.08. The highest BCUT2D eigenvalue weighted by Crippen LogP contribution is 2.34. The molecule has 2 amide bonds. The summed E-state index contributed by atoms with van der Waals surface area (Å²) < 4.78 is 0. The highest BCUT2D eigenvalue weighted by atomic mass is 32.1. The minimum atomic E-state index is -0.0519. The summed E-state index contributed by atoms with van der Waals surface area (Å²) in [6.07, 6.45) is 1.68. The number of benzene rings is 1. The molecule has 1 aromatic heterocycles. The predicted octanol–water partition coefficient (Wildman–Crippen LogP) is 3.11. The molecule has 2 heterocycles. The number of carbonyl (C=O) groups excluding carboxylic acids is 2. The Morgan fingerprint density at radius 2 is 2.08 bits per heavy atom. The summed E-state index contributed by atoms with van der Waals surface area (Å²) in [5.74, 6) is 0.0627. The van der Waals surface area contributed by atoms with E-state index in [1.807, 2.05) is 38.1 Å². The van der Waals surface area contributed by atoms with E-state index in [0.717, 1.165) is 17.1 Å². The predicted molar refractivity (Wildman–Crippen MR) is 94.3 cm³/mol. The van der Waals surface area contributed by atoms with Crippen LogP contribution in [-0.2, 0) is 9.59 Å². The molecule has 0 radical (unpaired) electrons. The SMILES string of the molecule is CCCC(=O)Nc1nnc([C@H]2CC(=O)N(c3ccc(C)cc3)C2)s1. The van der Waals surface area contributed by atoms with Gasteiger partial charge in [-0.25, -0.2) is 0 Å². The number of hydrogen-bond donors (Lipinski definition) is 1. The molecule has 1 atom stereocenters. The molecule has 0 saturated carbocycles. The number of aromatic nitrogens is 2. The van der Waals surface area contributed by atoms with E-state index in [9.17, 15) is 9.59 Å². The molecule has 0 unspecified atom stereocenters. The maximum absolute atomic E-state index is 12.3. The molecule has 6 nitrogen and oxygen atoms in total. The van der Waals surface area contributed by atoms with Gasteiger partial charge in [-0.15, -0.1) is 10.2 Å². The standard InChI is InChI=1S/C17H20N4O2S/c1-3-4-14(22)18-17-20-19-16(24-17)12-9-15(23)21(10-12)13-7-5-11(2)6-8-13/h5-8,12H,3-4,9-10H2,1-2H3,(H,18,20,22)/t12-/m0/s1. The zero-order valence-corrected chi connectivity index (χ0v) is 14.6. The van der Waals surface area contributed by atoms with Gasteiger partial charge in [0.25, 0.3) is 0 Å². The van der Waals surface area contributed by atoms with Crippen molar-refractivity contribution in [1.82, 2.24) is 10.2 Å². The van der Waals surface area contributed by atoms with Crippen molar-refractivity contribution >= 4 is 34.0 Å². The van der Waals surface area contributed by atoms with Crippen LogP contribution in [0.1, 0.15) is 42.7 Å². The van der Waals surface area contributed by atoms with Crippen molar-refractivity contribution in [1.29, 1.82) is 0 Å². The second kappa shape index (κ2) is 7.09. The Morgan fingerprint density at radius 1 is 1.33 bits per heavy atom. The van der Waals surface area contributed by atoms with Crippen molar-refractivity contribution in [2.45, 2.75) is 39.0 Å². The number of nitrogens with zero attached hydrogens (tertiary/aromatic N) is 3. The fourth-order valence-electron chi connectivity index (χ4n) is 2.71. The Balaban J connectivity index is 1.68. The van der Waals surface area contributed by atoms with E-state index in [1.54, 1.807) is 4.90 Å². The first-order valence-electron chi connectivity index (χ1n) is 8.07. The van der Waals surface area contributed by atoms with Crippen LogP contribution in [0.5, 0.6) is 0 Å². The molecule has 1 aromatic carbocycles. The zero-order valence-electron chi connectivity index (χ0n) is 13.8. The van der Waals surface area contributed by atoms with Crippen molar-refractivity contribution in [3.8, 4) is 0 Å². The van der Waals surface area contributed by atoms with Crippen LogP contribution < -0.4 is 10.2 Å². The van der Waals surface area contributed by atoms with Crippen LogP contribution in [0.2, 0.25) is 0 Å². The molecule has 1 saturated heterocycles. The van der Waals surface area contributed by atoms with Crippen molar-refractivity contribution in [2.75, 3.05) is 16.8 Å². The summed E-state index contributed by atoms with van der Waals surface area (Å²) >= 11 is 1.35. The molecule has 0 spiro atoms. The third kappa shape index (κ3) is 3.62. The number of amides is 2. The van der Waals surface area contributed by atoms with E-state index < -0.39 is 0 Å². The molecule has 2 aromatic rings. The molecule has 126 valence electrons. The smallest absolute Gasteiger partial charge is 0.227 e. The fourth-order valence-corrected chi connectivity index (χ4v) is 3.56. The Hall–Kier alpha value is -2.28. The molecular formula is C17H20N4O2S. The van der Waals surface area contributed by atoms with Crippen molar-refractivity contribution in [2.24, 2.45) is 0 Å². The molecule has 1 aliphatic heterocycles. The Bertz CT molecular complexity index is 741. The van der Waals surface area contributed by atoms with Gasteiger partial charge in [-0.3, -0.25) is 9.59 Å². The topological polar surface area (TPSA) is 75.2 Å². The molecule has 1 fully saturated rings. The molecule has 7 heteroatoms. The van der Waals surface area contributed by atoms with E-state index in [0.29, 0.717) is 24.5 Å². The van der Waals surface area contributed by atoms with Crippen LogP contribution in [0.3, 0.4) is 0 Å². The molecule has 1 aliphatic rings. The summed E-state index contributed by atoms with van der Waals surface area (Å²) in [6.45, 7) is 4.57. The summed E-state index contributed by atoms with van der Waals surface area (Å²) in [7, 11) is 0. The summed E-state index contributed by atoms with van der Waals surface area (Å²) in [6, 6.07) is 7.93. The van der Waals surface area contributed by atoms with E-state index in [-0.39, 0.29) is 17.7 Å². The number of anilines is 2. The van der Waals surface area contributed by atoms with Gasteiger partial charge in [-0.1, -0.05) is 36.0 Å². The van der Waals surface area contributed by atoms with Crippen LogP contribution >= 0.6 is 11.3 Å². The molecule has 0 bridgehead atoms. The first-order chi connectivity index (χ1) is 11.6. The van der Waals surface area contributed by atoms with Gasteiger partial charge >= 0.3 is 0 Å². The maximum Gasteiger partial charge on any atom is 0.227 e. The number of aryl methyl sites for hydroxylation is 1. The highest BCUT2D eigenvalue weighted by molar-refractivity contribution is 7.15. The van der Waals surface area contributed by atoms with Gasteiger partial charge in [0.05, 0.1) is 0 Å². The van der Waals surface area contributed by atoms with Crippen molar-refractivity contribution in [3.63, 3.8) is 0 Å². The lowest BCUT2D eigenvalue weighted by molar-refractivity contribution is -0.117. The molecule has 24 heavy (non-hydrogen) atoms. The molecule has 0 aliphatic carbocycles. The minimum absolute atomic E-state index is 0.0214. The van der Waals surface area contributed by atoms with Crippen LogP contribution in [-0.4, -0.2) is 28.6 Å². The Morgan fingerprint density at radius 3 is 2.79 bits per heavy atom. The lowest BCUT2D eigenvalue weighted by Crippen LogP contribution is -2.24. The molecule has 3 rings (SSSR count). The lowest BCUT2D eigenvalue weighted by Gasteiger charge is -2.16. The second-order valence-electron chi connectivity index (χ2n) is 5.98. The maximum atomic E-state index is 12.3. The van der Waals surface area contributed by atoms with Gasteiger partial charge in [-0.05, 0) is 25.5 Å². The van der Waals surface area contributed by atoms with E-state index in [4.69, 9.17) is 0 Å². The van der Waals surface area contributed by atoms with Crippen LogP contribution in [0.25, 0.3) is 0 Å². The van der Waals surface area contributed by atoms with Gasteiger partial charge in [-0.2, -0.15) is 0 Å². The quantitative estimate of drug-likeness (QED) is 0.904. The molecule has 1 N–H and O–H groups in total. The van der Waals surface area contributed by atoms with Crippen molar-refractivity contribution < 1.29 is 9.59 Å². The largest absolute Gasteiger partial charge is 0.312 e. The average Bonchev–Trinajstić information content (AvgIpc) is 3.15. The number of rotatable bonds is 5. The van der Waals surface area contributed by atoms with E-state index in [1.165, 1.54) is 16.9 Å². The van der Waals surface area contributed by atoms with Gasteiger partial charge < -0.3 is 10.2 Å². The monoisotopic (exact) mass is 344 g/mol. The Labute approximate surface area is 144 Å². The lowest BCUT2D eigenvalue weighted by atomic mass is 10.1. The highest BCUT2D eigenvalue weighted by Gasteiger charge is 2.33. The van der Waals surface area contributed by atoms with Gasteiger partial charge in [0.2, 0.25) is 16.9 Å². The zero-order chi connectivity index (χ0) is 17.1. The van der Waals surface area contributed by atoms with Crippen LogP contribution in [0, 0.1) is 6.92 Å². The normalized spacial score (nSPS) is 17.3. The van der Waals surface area contributed by atoms with E-state index in [2.05, 4.69) is 15.5 Å². The minimum Gasteiger partial charge on any atom is -0.312 e. The van der Waals surface area contributed by atoms with E-state index >= 15 is 0 Å². The van der Waals surface area contributed by atoms with Crippen LogP contribution in [0.15, 0.2) is 24.3 Å². The number of nitrogens with one attached hydrogen (secondary N) is 1. The van der Waals surface area contributed by atoms with Gasteiger partial charge in [0.15, 0.2) is 0 Å². The van der Waals surface area contributed by atoms with Crippen molar-refractivity contribution in [3.05, 3.63) is 34.8 Å². The van der Waals surface area contributed by atoms with Crippen LogP contribution in [0.4, 0.5) is 10.8 Å². The average molecular weight is 344 g/mol. The first-order valence-corrected chi connectivity index (χ1v) is 8.88. The first kappa shape index (κ1) is 16.6. The number of carbonyl (C=O) groups is 2. The third-order valence-electron chi connectivity index (χ3n) is 3.98. The molecular weight excluding hydrogens is 324 g/mol. The second-order valence-corrected chi connectivity index (χ2v) is 6.99. The van der Waals surface area contributed by atoms with Gasteiger partial charge in [0, 0.05) is 31.0 Å². The summed E-state index contributed by atoms with van der Waals surface area (Å²) in [5, 5.41) is 12.2. The third-order valence-corrected chi connectivity index (χ3v) is 4.99.